The summed E-state index contributed by atoms with van der Waals surface area (Å²) in [6.45, 7) is 5.01. The monoisotopic (exact) mass is 353 g/mol. The molecule has 0 aromatic heterocycles. The van der Waals surface area contributed by atoms with Gasteiger partial charge in [0.15, 0.2) is 5.11 Å². The standard InChI is InChI=1S/C16H23N3O2S2/c1-2-17-16(22)18-8-10-19(11-9-18)23(20,21)15-7-6-13-4-3-5-14(13)12-15/h6-7,12H,2-5,8-11H2,1H3,(H,17,22). The molecule has 1 aliphatic heterocycles. The Morgan fingerprint density at radius 1 is 1.17 bits per heavy atom. The summed E-state index contributed by atoms with van der Waals surface area (Å²) in [5, 5.41) is 3.83. The first kappa shape index (κ1) is 16.7. The quantitative estimate of drug-likeness (QED) is 0.832. The minimum atomic E-state index is -3.40. The summed E-state index contributed by atoms with van der Waals surface area (Å²) in [6, 6.07) is 5.61. The van der Waals surface area contributed by atoms with Gasteiger partial charge in [0, 0.05) is 32.7 Å². The van der Waals surface area contributed by atoms with Crippen molar-refractivity contribution in [2.75, 3.05) is 32.7 Å². The Morgan fingerprint density at radius 3 is 2.57 bits per heavy atom. The molecule has 1 aliphatic carbocycles. The van der Waals surface area contributed by atoms with E-state index in [0.29, 0.717) is 36.2 Å². The topological polar surface area (TPSA) is 52.6 Å². The lowest BCUT2D eigenvalue weighted by Crippen LogP contribution is -2.52. The van der Waals surface area contributed by atoms with Gasteiger partial charge in [0.25, 0.3) is 0 Å². The second kappa shape index (κ2) is 6.75. The third-order valence-corrected chi connectivity index (χ3v) is 6.86. The minimum absolute atomic E-state index is 0.431. The van der Waals surface area contributed by atoms with Crippen molar-refractivity contribution >= 4 is 27.4 Å². The number of nitrogens with one attached hydrogen (secondary N) is 1. The molecule has 0 bridgehead atoms. The molecule has 0 saturated carbocycles. The Labute approximate surface area is 143 Å². The Morgan fingerprint density at radius 2 is 1.87 bits per heavy atom. The van der Waals surface area contributed by atoms with Crippen molar-refractivity contribution in [3.05, 3.63) is 29.3 Å². The molecule has 5 nitrogen and oxygen atoms in total. The first-order valence-corrected chi connectivity index (χ1v) is 10.0. The van der Waals surface area contributed by atoms with Gasteiger partial charge in [0.05, 0.1) is 4.90 Å². The number of sulfonamides is 1. The molecule has 1 aromatic rings. The summed E-state index contributed by atoms with van der Waals surface area (Å²) in [5.74, 6) is 0. The van der Waals surface area contributed by atoms with E-state index >= 15 is 0 Å². The zero-order valence-electron chi connectivity index (χ0n) is 13.4. The number of hydrogen-bond donors (Lipinski definition) is 1. The van der Waals surface area contributed by atoms with Crippen molar-refractivity contribution in [3.63, 3.8) is 0 Å². The van der Waals surface area contributed by atoms with E-state index in [1.807, 2.05) is 24.0 Å². The summed E-state index contributed by atoms with van der Waals surface area (Å²) in [5.41, 5.74) is 2.49. The number of benzene rings is 1. The van der Waals surface area contributed by atoms with Crippen LogP contribution in [0.1, 0.15) is 24.5 Å². The fourth-order valence-corrected chi connectivity index (χ4v) is 5.05. The first-order chi connectivity index (χ1) is 11.0. The lowest BCUT2D eigenvalue weighted by Gasteiger charge is -2.35. The van der Waals surface area contributed by atoms with Gasteiger partial charge in [-0.15, -0.1) is 0 Å². The zero-order chi connectivity index (χ0) is 16.4. The third-order valence-electron chi connectivity index (χ3n) is 4.56. The third kappa shape index (κ3) is 3.36. The predicted molar refractivity (Wildman–Crippen MR) is 95.1 cm³/mol. The molecule has 126 valence electrons. The lowest BCUT2D eigenvalue weighted by molar-refractivity contribution is 0.264. The van der Waals surface area contributed by atoms with E-state index in [2.05, 4.69) is 5.32 Å². The first-order valence-electron chi connectivity index (χ1n) is 8.17. The van der Waals surface area contributed by atoms with Crippen LogP contribution in [0.25, 0.3) is 0 Å². The number of aryl methyl sites for hydroxylation is 2. The molecule has 0 atom stereocenters. The molecule has 1 fully saturated rings. The highest BCUT2D eigenvalue weighted by atomic mass is 32.2. The van der Waals surface area contributed by atoms with Crippen LogP contribution in [0, 0.1) is 0 Å². The summed E-state index contributed by atoms with van der Waals surface area (Å²) >= 11 is 5.30. The van der Waals surface area contributed by atoms with Crippen molar-refractivity contribution in [2.45, 2.75) is 31.1 Å². The number of rotatable bonds is 3. The summed E-state index contributed by atoms with van der Waals surface area (Å²) < 4.78 is 27.3. The molecule has 0 radical (unpaired) electrons. The fourth-order valence-electron chi connectivity index (χ4n) is 3.25. The van der Waals surface area contributed by atoms with E-state index in [-0.39, 0.29) is 0 Å². The molecule has 1 saturated heterocycles. The largest absolute Gasteiger partial charge is 0.363 e. The number of nitrogens with zero attached hydrogens (tertiary/aromatic N) is 2. The van der Waals surface area contributed by atoms with E-state index in [9.17, 15) is 8.42 Å². The van der Waals surface area contributed by atoms with Crippen LogP contribution in [0.15, 0.2) is 23.1 Å². The molecule has 1 N–H and O–H groups in total. The lowest BCUT2D eigenvalue weighted by atomic mass is 10.1. The van der Waals surface area contributed by atoms with E-state index in [4.69, 9.17) is 12.2 Å². The smallest absolute Gasteiger partial charge is 0.243 e. The fraction of sp³-hybridized carbons (Fsp3) is 0.562. The minimum Gasteiger partial charge on any atom is -0.363 e. The summed E-state index contributed by atoms with van der Waals surface area (Å²) in [6.07, 6.45) is 3.18. The van der Waals surface area contributed by atoms with Crippen LogP contribution in [0.3, 0.4) is 0 Å². The van der Waals surface area contributed by atoms with E-state index in [1.54, 1.807) is 10.4 Å². The second-order valence-corrected chi connectivity index (χ2v) is 8.34. The van der Waals surface area contributed by atoms with Gasteiger partial charge in [-0.1, -0.05) is 6.07 Å². The van der Waals surface area contributed by atoms with Crippen LogP contribution >= 0.6 is 12.2 Å². The molecule has 2 aliphatic rings. The molecule has 1 heterocycles. The van der Waals surface area contributed by atoms with Gasteiger partial charge in [-0.25, -0.2) is 8.42 Å². The summed E-state index contributed by atoms with van der Waals surface area (Å²) in [7, 11) is -3.40. The molecule has 0 unspecified atom stereocenters. The van der Waals surface area contributed by atoms with Gasteiger partial charge in [0.2, 0.25) is 10.0 Å². The van der Waals surface area contributed by atoms with Crippen molar-refractivity contribution < 1.29 is 8.42 Å². The van der Waals surface area contributed by atoms with Gasteiger partial charge >= 0.3 is 0 Å². The average Bonchev–Trinajstić information content (AvgIpc) is 3.03. The van der Waals surface area contributed by atoms with Gasteiger partial charge in [-0.2, -0.15) is 4.31 Å². The zero-order valence-corrected chi connectivity index (χ0v) is 15.0. The number of fused-ring (bicyclic) bond motifs is 1. The van der Waals surface area contributed by atoms with Crippen molar-refractivity contribution in [1.82, 2.24) is 14.5 Å². The molecule has 0 amide bonds. The molecule has 23 heavy (non-hydrogen) atoms. The van der Waals surface area contributed by atoms with Crippen molar-refractivity contribution in [2.24, 2.45) is 0 Å². The highest BCUT2D eigenvalue weighted by Crippen LogP contribution is 2.26. The van der Waals surface area contributed by atoms with Gasteiger partial charge in [-0.3, -0.25) is 0 Å². The number of hydrogen-bond acceptors (Lipinski definition) is 3. The Kier molecular flexibility index (Phi) is 4.89. The maximum atomic E-state index is 12.8. The molecule has 0 spiro atoms. The maximum Gasteiger partial charge on any atom is 0.243 e. The average molecular weight is 354 g/mol. The Balaban J connectivity index is 1.71. The molecule has 1 aromatic carbocycles. The molecular formula is C16H23N3O2S2. The van der Waals surface area contributed by atoms with Gasteiger partial charge < -0.3 is 10.2 Å². The van der Waals surface area contributed by atoms with Crippen LogP contribution in [0.5, 0.6) is 0 Å². The van der Waals surface area contributed by atoms with Crippen LogP contribution < -0.4 is 5.32 Å². The SMILES string of the molecule is CCNC(=S)N1CCN(S(=O)(=O)c2ccc3c(c2)CCC3)CC1. The molecular weight excluding hydrogens is 330 g/mol. The number of thiocarbonyl (C=S) groups is 1. The van der Waals surface area contributed by atoms with Crippen LogP contribution in [-0.2, 0) is 22.9 Å². The van der Waals surface area contributed by atoms with Gasteiger partial charge in [-0.05, 0) is 61.7 Å². The highest BCUT2D eigenvalue weighted by Gasteiger charge is 2.29. The maximum absolute atomic E-state index is 12.8. The van der Waals surface area contributed by atoms with E-state index in [1.165, 1.54) is 11.1 Å². The molecule has 3 rings (SSSR count). The van der Waals surface area contributed by atoms with Gasteiger partial charge in [0.1, 0.15) is 0 Å². The van der Waals surface area contributed by atoms with E-state index < -0.39 is 10.0 Å². The Bertz CT molecular complexity index is 695. The van der Waals surface area contributed by atoms with Crippen molar-refractivity contribution in [3.8, 4) is 0 Å². The summed E-state index contributed by atoms with van der Waals surface area (Å²) in [4.78, 5) is 2.47. The normalized spacial score (nSPS) is 18.7. The van der Waals surface area contributed by atoms with E-state index in [0.717, 1.165) is 25.8 Å². The van der Waals surface area contributed by atoms with Crippen LogP contribution in [0.2, 0.25) is 0 Å². The highest BCUT2D eigenvalue weighted by molar-refractivity contribution is 7.89. The van der Waals surface area contributed by atoms with Crippen molar-refractivity contribution in [1.29, 1.82) is 0 Å². The molecule has 7 heteroatoms. The van der Waals surface area contributed by atoms with Crippen LogP contribution in [0.4, 0.5) is 0 Å². The number of piperazine rings is 1. The van der Waals surface area contributed by atoms with Crippen LogP contribution in [-0.4, -0.2) is 55.5 Å². The predicted octanol–water partition coefficient (Wildman–Crippen LogP) is 1.38. The Hall–Kier alpha value is -1.18. The second-order valence-electron chi connectivity index (χ2n) is 6.01.